The van der Waals surface area contributed by atoms with Crippen molar-refractivity contribution in [3.63, 3.8) is 0 Å². The molecule has 0 unspecified atom stereocenters. The highest BCUT2D eigenvalue weighted by Crippen LogP contribution is 2.48. The quantitative estimate of drug-likeness (QED) is 0.565. The predicted octanol–water partition coefficient (Wildman–Crippen LogP) is 4.13. The molecule has 0 bridgehead atoms. The molecule has 28 heavy (non-hydrogen) atoms. The highest BCUT2D eigenvalue weighted by molar-refractivity contribution is 6.27. The lowest BCUT2D eigenvalue weighted by atomic mass is 9.99. The molecule has 144 valence electrons. The van der Waals surface area contributed by atoms with E-state index in [1.165, 1.54) is 0 Å². The second-order valence-electron chi connectivity index (χ2n) is 7.38. The standard InChI is InChI=1S/C22H24N4O2/c1-6-24-20-19-16(9-17(28-12(2)3)21(20)26(4)5)25-11-15-18(19)13-7-8-23-10-14(13)22(15)27/h7-12,24H,6H2,1-5H3. The minimum absolute atomic E-state index is 0.0242. The van der Waals surface area contributed by atoms with Crippen molar-refractivity contribution < 1.29 is 9.53 Å². The maximum atomic E-state index is 12.9. The number of nitrogens with zero attached hydrogens (tertiary/aromatic N) is 3. The maximum absolute atomic E-state index is 12.9. The van der Waals surface area contributed by atoms with Crippen molar-refractivity contribution >= 4 is 28.1 Å². The first-order valence-electron chi connectivity index (χ1n) is 9.50. The highest BCUT2D eigenvalue weighted by Gasteiger charge is 2.31. The molecule has 0 fully saturated rings. The topological polar surface area (TPSA) is 67.3 Å². The van der Waals surface area contributed by atoms with Gasteiger partial charge in [-0.3, -0.25) is 14.8 Å². The molecule has 6 nitrogen and oxygen atoms in total. The molecule has 2 aromatic heterocycles. The molecule has 6 heteroatoms. The van der Waals surface area contributed by atoms with E-state index in [4.69, 9.17) is 4.74 Å². The number of carbonyl (C=O) groups excluding carboxylic acids is 1. The van der Waals surface area contributed by atoms with Gasteiger partial charge in [0.15, 0.2) is 5.78 Å². The average molecular weight is 376 g/mol. The molecule has 0 radical (unpaired) electrons. The number of fused-ring (bicyclic) bond motifs is 5. The molecule has 0 aliphatic heterocycles. The number of ketones is 1. The minimum Gasteiger partial charge on any atom is -0.489 e. The summed E-state index contributed by atoms with van der Waals surface area (Å²) < 4.78 is 6.11. The summed E-state index contributed by atoms with van der Waals surface area (Å²) in [5.41, 5.74) is 5.76. The minimum atomic E-state index is -0.0242. The average Bonchev–Trinajstić information content (AvgIpc) is 2.94. The van der Waals surface area contributed by atoms with Crippen LogP contribution in [0.2, 0.25) is 0 Å². The third-order valence-corrected chi connectivity index (χ3v) is 4.84. The van der Waals surface area contributed by atoms with E-state index in [9.17, 15) is 4.79 Å². The van der Waals surface area contributed by atoms with Crippen LogP contribution in [-0.4, -0.2) is 42.5 Å². The van der Waals surface area contributed by atoms with Gasteiger partial charge in [-0.25, -0.2) is 0 Å². The van der Waals surface area contributed by atoms with Gasteiger partial charge >= 0.3 is 0 Å². The van der Waals surface area contributed by atoms with Gasteiger partial charge in [0.05, 0.1) is 17.3 Å². The third-order valence-electron chi connectivity index (χ3n) is 4.84. The van der Waals surface area contributed by atoms with Gasteiger partial charge in [-0.15, -0.1) is 0 Å². The summed E-state index contributed by atoms with van der Waals surface area (Å²) in [4.78, 5) is 23.7. The largest absolute Gasteiger partial charge is 0.489 e. The number of hydrogen-bond acceptors (Lipinski definition) is 6. The Hall–Kier alpha value is -3.15. The monoisotopic (exact) mass is 376 g/mol. The molecule has 0 amide bonds. The molecule has 1 aromatic carbocycles. The molecule has 0 atom stereocenters. The molecule has 1 N–H and O–H groups in total. The molecular formula is C22H24N4O2. The number of hydrogen-bond donors (Lipinski definition) is 1. The predicted molar refractivity (Wildman–Crippen MR) is 113 cm³/mol. The van der Waals surface area contributed by atoms with Gasteiger partial charge in [0.25, 0.3) is 0 Å². The van der Waals surface area contributed by atoms with E-state index >= 15 is 0 Å². The summed E-state index contributed by atoms with van der Waals surface area (Å²) in [6.07, 6.45) is 5.07. The van der Waals surface area contributed by atoms with Gasteiger partial charge < -0.3 is 15.0 Å². The van der Waals surface area contributed by atoms with E-state index in [2.05, 4.69) is 22.2 Å². The third kappa shape index (κ3) is 2.68. The van der Waals surface area contributed by atoms with Crippen LogP contribution >= 0.6 is 0 Å². The van der Waals surface area contributed by atoms with Crippen LogP contribution in [0.25, 0.3) is 22.0 Å². The van der Waals surface area contributed by atoms with Crippen LogP contribution in [0.3, 0.4) is 0 Å². The summed E-state index contributed by atoms with van der Waals surface area (Å²) in [7, 11) is 3.99. The Morgan fingerprint density at radius 2 is 1.96 bits per heavy atom. The number of aromatic nitrogens is 2. The van der Waals surface area contributed by atoms with E-state index in [0.717, 1.165) is 45.7 Å². The lowest BCUT2D eigenvalue weighted by Gasteiger charge is -2.25. The summed E-state index contributed by atoms with van der Waals surface area (Å²) >= 11 is 0. The second kappa shape index (κ2) is 6.78. The smallest absolute Gasteiger partial charge is 0.197 e. The first-order valence-corrected chi connectivity index (χ1v) is 9.50. The van der Waals surface area contributed by atoms with Crippen molar-refractivity contribution in [1.29, 1.82) is 0 Å². The van der Waals surface area contributed by atoms with Gasteiger partial charge in [-0.2, -0.15) is 0 Å². The Morgan fingerprint density at radius 1 is 1.18 bits per heavy atom. The Kier molecular flexibility index (Phi) is 4.41. The van der Waals surface area contributed by atoms with Crippen molar-refractivity contribution in [1.82, 2.24) is 9.97 Å². The van der Waals surface area contributed by atoms with Crippen LogP contribution in [0.15, 0.2) is 30.7 Å². The summed E-state index contributed by atoms with van der Waals surface area (Å²) in [6, 6.07) is 3.87. The molecule has 3 aromatic rings. The molecule has 0 spiro atoms. The van der Waals surface area contributed by atoms with Gasteiger partial charge in [0, 0.05) is 67.4 Å². The van der Waals surface area contributed by atoms with Crippen LogP contribution in [-0.2, 0) is 0 Å². The zero-order valence-electron chi connectivity index (χ0n) is 16.8. The van der Waals surface area contributed by atoms with Crippen molar-refractivity contribution in [2.45, 2.75) is 26.9 Å². The first kappa shape index (κ1) is 18.2. The Morgan fingerprint density at radius 3 is 2.64 bits per heavy atom. The molecule has 0 saturated heterocycles. The molecule has 1 aliphatic rings. The number of anilines is 2. The molecule has 1 aliphatic carbocycles. The van der Waals surface area contributed by atoms with E-state index in [0.29, 0.717) is 11.1 Å². The van der Waals surface area contributed by atoms with Crippen molar-refractivity contribution in [3.05, 3.63) is 41.9 Å². The second-order valence-corrected chi connectivity index (χ2v) is 7.38. The maximum Gasteiger partial charge on any atom is 0.197 e. The van der Waals surface area contributed by atoms with Gasteiger partial charge in [0.1, 0.15) is 11.4 Å². The normalized spacial score (nSPS) is 12.3. The van der Waals surface area contributed by atoms with Crippen LogP contribution in [0.5, 0.6) is 5.75 Å². The molecule has 0 saturated carbocycles. The Bertz CT molecular complexity index is 1090. The zero-order chi connectivity index (χ0) is 20.0. The Balaban J connectivity index is 2.14. The Labute approximate surface area is 164 Å². The fourth-order valence-corrected chi connectivity index (χ4v) is 3.85. The fraction of sp³-hybridized carbons (Fsp3) is 0.318. The number of benzene rings is 1. The van der Waals surface area contributed by atoms with E-state index in [1.54, 1.807) is 18.6 Å². The number of pyridine rings is 2. The number of nitrogens with one attached hydrogen (secondary N) is 1. The van der Waals surface area contributed by atoms with E-state index in [1.807, 2.05) is 45.0 Å². The van der Waals surface area contributed by atoms with Crippen LogP contribution in [0.1, 0.15) is 36.7 Å². The number of carbonyl (C=O) groups is 1. The van der Waals surface area contributed by atoms with E-state index in [-0.39, 0.29) is 11.9 Å². The lowest BCUT2D eigenvalue weighted by molar-refractivity contribution is 0.104. The molecule has 4 rings (SSSR count). The van der Waals surface area contributed by atoms with E-state index < -0.39 is 0 Å². The SMILES string of the molecule is CCNc1c(N(C)C)c(OC(C)C)cc2ncc3c(c12)-c1ccncc1C3=O. The van der Waals surface area contributed by atoms with Crippen LogP contribution in [0, 0.1) is 0 Å². The van der Waals surface area contributed by atoms with Crippen LogP contribution < -0.4 is 15.0 Å². The first-order chi connectivity index (χ1) is 13.4. The summed E-state index contributed by atoms with van der Waals surface area (Å²) in [6.45, 7) is 6.81. The summed E-state index contributed by atoms with van der Waals surface area (Å²) in [5, 5.41) is 4.44. The zero-order valence-corrected chi connectivity index (χ0v) is 16.8. The fourth-order valence-electron chi connectivity index (χ4n) is 3.85. The summed E-state index contributed by atoms with van der Waals surface area (Å²) in [5.74, 6) is 0.749. The van der Waals surface area contributed by atoms with Crippen molar-refractivity contribution in [2.24, 2.45) is 0 Å². The molecular weight excluding hydrogens is 352 g/mol. The number of rotatable bonds is 5. The number of ether oxygens (including phenoxy) is 1. The van der Waals surface area contributed by atoms with Crippen molar-refractivity contribution in [2.75, 3.05) is 30.9 Å². The van der Waals surface area contributed by atoms with Crippen molar-refractivity contribution in [3.8, 4) is 16.9 Å². The van der Waals surface area contributed by atoms with Crippen LogP contribution in [0.4, 0.5) is 11.4 Å². The van der Waals surface area contributed by atoms with Gasteiger partial charge in [0.2, 0.25) is 0 Å². The van der Waals surface area contributed by atoms with Gasteiger partial charge in [-0.1, -0.05) is 0 Å². The highest BCUT2D eigenvalue weighted by atomic mass is 16.5. The molecule has 2 heterocycles. The lowest BCUT2D eigenvalue weighted by Crippen LogP contribution is -2.17. The van der Waals surface area contributed by atoms with Gasteiger partial charge in [-0.05, 0) is 32.4 Å².